The summed E-state index contributed by atoms with van der Waals surface area (Å²) in [4.78, 5) is 36.3. The van der Waals surface area contributed by atoms with E-state index in [1.165, 1.54) is 51.4 Å². The Morgan fingerprint density at radius 2 is 0.981 bits per heavy atom. The highest BCUT2D eigenvalue weighted by Gasteiger charge is 2.34. The Morgan fingerprint density at radius 1 is 0.577 bits per heavy atom. The standard InChI is InChI=1S/C43H75NO7S/c1-3-5-7-9-11-13-15-17-19-21-23-25-27-29-31-33-41(46)50-38-43(37-49-40-45,44-35-36-52-48)39-51-42(47)34-32-30-28-26-24-22-20-18-16-14-12-10-8-6-4-2/h11-14,17-20,40,44,48H,3-10,15-16,21-39H2,1-2H3/b13-11-,14-12-,19-17-,20-18-. The van der Waals surface area contributed by atoms with Gasteiger partial charge in [0.25, 0.3) is 6.47 Å². The second-order valence-corrected chi connectivity index (χ2v) is 14.4. The maximum absolute atomic E-state index is 12.6. The van der Waals surface area contributed by atoms with Crippen LogP contribution < -0.4 is 5.32 Å². The van der Waals surface area contributed by atoms with Gasteiger partial charge in [0.05, 0.1) is 0 Å². The van der Waals surface area contributed by atoms with E-state index in [4.69, 9.17) is 14.2 Å². The van der Waals surface area contributed by atoms with E-state index in [0.717, 1.165) is 89.9 Å². The number of hydrogen-bond acceptors (Lipinski definition) is 9. The molecule has 0 bridgehead atoms. The van der Waals surface area contributed by atoms with Gasteiger partial charge in [0.15, 0.2) is 0 Å². The van der Waals surface area contributed by atoms with Crippen LogP contribution in [0.25, 0.3) is 0 Å². The van der Waals surface area contributed by atoms with Crippen LogP contribution in [0.5, 0.6) is 0 Å². The lowest BCUT2D eigenvalue weighted by Crippen LogP contribution is -2.57. The maximum atomic E-state index is 12.6. The van der Waals surface area contributed by atoms with Gasteiger partial charge in [0, 0.05) is 25.1 Å². The lowest BCUT2D eigenvalue weighted by molar-refractivity contribution is -0.154. The smallest absolute Gasteiger partial charge is 0.305 e. The Hall–Kier alpha value is -2.36. The number of esters is 2. The molecular formula is C43H75NO7S. The largest absolute Gasteiger partial charge is 0.466 e. The van der Waals surface area contributed by atoms with E-state index in [1.54, 1.807) is 0 Å². The van der Waals surface area contributed by atoms with Crippen LogP contribution in [0.15, 0.2) is 48.6 Å². The molecule has 0 aromatic heterocycles. The molecule has 0 amide bonds. The maximum Gasteiger partial charge on any atom is 0.305 e. The number of unbranched alkanes of at least 4 members (excludes halogenated alkanes) is 16. The summed E-state index contributed by atoms with van der Waals surface area (Å²) in [5, 5.41) is 3.19. The predicted octanol–water partition coefficient (Wildman–Crippen LogP) is 11.4. The zero-order valence-electron chi connectivity index (χ0n) is 33.0. The molecule has 0 rings (SSSR count). The summed E-state index contributed by atoms with van der Waals surface area (Å²) in [6, 6.07) is 0. The zero-order valence-corrected chi connectivity index (χ0v) is 33.8. The molecule has 2 N–H and O–H groups in total. The molecule has 0 aliphatic heterocycles. The number of carbonyl (C=O) groups is 3. The molecular weight excluding hydrogens is 675 g/mol. The van der Waals surface area contributed by atoms with E-state index in [-0.39, 0.29) is 31.8 Å². The fraction of sp³-hybridized carbons (Fsp3) is 0.744. The van der Waals surface area contributed by atoms with Crippen molar-refractivity contribution in [3.63, 3.8) is 0 Å². The van der Waals surface area contributed by atoms with Gasteiger partial charge in [-0.2, -0.15) is 0 Å². The van der Waals surface area contributed by atoms with Crippen LogP contribution in [0, 0.1) is 0 Å². The quantitative estimate of drug-likeness (QED) is 0.0158. The molecule has 0 unspecified atom stereocenters. The van der Waals surface area contributed by atoms with Gasteiger partial charge in [0.1, 0.15) is 25.4 Å². The molecule has 0 radical (unpaired) electrons. The van der Waals surface area contributed by atoms with Crippen molar-refractivity contribution in [1.82, 2.24) is 5.32 Å². The highest BCUT2D eigenvalue weighted by atomic mass is 32.2. The number of carbonyl (C=O) groups excluding carboxylic acids is 3. The lowest BCUT2D eigenvalue weighted by atomic mass is 10.0. The van der Waals surface area contributed by atoms with Gasteiger partial charge in [-0.1, -0.05) is 127 Å². The minimum Gasteiger partial charge on any atom is -0.466 e. The molecule has 0 aliphatic carbocycles. The van der Waals surface area contributed by atoms with Gasteiger partial charge in [-0.25, -0.2) is 0 Å². The number of hydrogen-bond donors (Lipinski definition) is 2. The first kappa shape index (κ1) is 49.6. The summed E-state index contributed by atoms with van der Waals surface area (Å²) in [6.45, 7) is 4.75. The van der Waals surface area contributed by atoms with E-state index < -0.39 is 5.54 Å². The lowest BCUT2D eigenvalue weighted by Gasteiger charge is -2.32. The number of nitrogens with one attached hydrogen (secondary N) is 1. The van der Waals surface area contributed by atoms with E-state index in [2.05, 4.69) is 67.8 Å². The first-order chi connectivity index (χ1) is 25.5. The molecule has 0 saturated carbocycles. The SMILES string of the molecule is CCCCC/C=C\C/C=C\CCCCCCCC(=O)OCC(COC=O)(COC(=O)CCCCCCC/C=C\C/C=C\CCCCC)NCCSO. The van der Waals surface area contributed by atoms with Gasteiger partial charge < -0.3 is 24.1 Å². The third-order valence-corrected chi connectivity index (χ3v) is 9.19. The predicted molar refractivity (Wildman–Crippen MR) is 218 cm³/mol. The van der Waals surface area contributed by atoms with Crippen molar-refractivity contribution >= 4 is 30.5 Å². The van der Waals surface area contributed by atoms with Crippen molar-refractivity contribution in [1.29, 1.82) is 0 Å². The van der Waals surface area contributed by atoms with E-state index in [0.29, 0.717) is 43.7 Å². The first-order valence-corrected chi connectivity index (χ1v) is 21.5. The van der Waals surface area contributed by atoms with Gasteiger partial charge in [-0.3, -0.25) is 14.4 Å². The van der Waals surface area contributed by atoms with Crippen LogP contribution in [0.2, 0.25) is 0 Å². The molecule has 0 aromatic carbocycles. The average molecular weight is 750 g/mol. The molecule has 0 atom stereocenters. The van der Waals surface area contributed by atoms with Crippen molar-refractivity contribution in [2.24, 2.45) is 0 Å². The van der Waals surface area contributed by atoms with Gasteiger partial charge in [-0.05, 0) is 89.1 Å². The second kappa shape index (κ2) is 39.8. The van der Waals surface area contributed by atoms with Gasteiger partial charge >= 0.3 is 11.9 Å². The number of ether oxygens (including phenoxy) is 3. The van der Waals surface area contributed by atoms with Crippen molar-refractivity contribution in [3.8, 4) is 0 Å². The number of rotatable bonds is 39. The normalized spacial score (nSPS) is 12.1. The highest BCUT2D eigenvalue weighted by Crippen LogP contribution is 2.14. The molecule has 0 fully saturated rings. The number of allylic oxidation sites excluding steroid dienone is 8. The van der Waals surface area contributed by atoms with Crippen LogP contribution in [-0.2, 0) is 28.6 Å². The Bertz CT molecular complexity index is 888. The Labute approximate surface area is 322 Å². The minimum absolute atomic E-state index is 0.118. The molecule has 0 saturated heterocycles. The fourth-order valence-electron chi connectivity index (χ4n) is 5.58. The van der Waals surface area contributed by atoms with Crippen LogP contribution >= 0.6 is 12.0 Å². The topological polar surface area (TPSA) is 111 Å². The summed E-state index contributed by atoms with van der Waals surface area (Å²) in [5.41, 5.74) is -1.10. The highest BCUT2D eigenvalue weighted by molar-refractivity contribution is 7.93. The zero-order chi connectivity index (χ0) is 38.1. The molecule has 0 aliphatic rings. The van der Waals surface area contributed by atoms with E-state index in [1.807, 2.05) is 0 Å². The summed E-state index contributed by atoms with van der Waals surface area (Å²) in [7, 11) is 0. The van der Waals surface area contributed by atoms with Gasteiger partial charge in [-0.15, -0.1) is 0 Å². The Balaban J connectivity index is 4.36. The summed E-state index contributed by atoms with van der Waals surface area (Å²) in [5.74, 6) is -0.310. The van der Waals surface area contributed by atoms with Crippen LogP contribution in [0.1, 0.15) is 168 Å². The van der Waals surface area contributed by atoms with Crippen molar-refractivity contribution in [2.45, 2.75) is 173 Å². The second-order valence-electron chi connectivity index (χ2n) is 13.7. The summed E-state index contributed by atoms with van der Waals surface area (Å²) >= 11 is 0.669. The molecule has 0 heterocycles. The molecule has 0 spiro atoms. The Morgan fingerprint density at radius 3 is 1.38 bits per heavy atom. The van der Waals surface area contributed by atoms with E-state index in [9.17, 15) is 18.9 Å². The fourth-order valence-corrected chi connectivity index (χ4v) is 5.77. The Kier molecular flexibility index (Phi) is 38.0. The van der Waals surface area contributed by atoms with Crippen LogP contribution in [-0.4, -0.2) is 60.6 Å². The van der Waals surface area contributed by atoms with Crippen LogP contribution in [0.3, 0.4) is 0 Å². The van der Waals surface area contributed by atoms with Gasteiger partial charge in [0.2, 0.25) is 0 Å². The minimum atomic E-state index is -1.10. The molecule has 300 valence electrons. The van der Waals surface area contributed by atoms with E-state index >= 15 is 0 Å². The van der Waals surface area contributed by atoms with Crippen LogP contribution in [0.4, 0.5) is 0 Å². The van der Waals surface area contributed by atoms with Crippen molar-refractivity contribution < 1.29 is 33.1 Å². The first-order valence-electron chi connectivity index (χ1n) is 20.5. The summed E-state index contributed by atoms with van der Waals surface area (Å²) < 4.78 is 25.5. The third-order valence-electron chi connectivity index (χ3n) is 8.80. The summed E-state index contributed by atoms with van der Waals surface area (Å²) in [6.07, 6.45) is 43.0. The molecule has 8 nitrogen and oxygen atoms in total. The third kappa shape index (κ3) is 34.7. The van der Waals surface area contributed by atoms with Crippen molar-refractivity contribution in [2.75, 3.05) is 32.1 Å². The molecule has 9 heteroatoms. The monoisotopic (exact) mass is 750 g/mol. The molecule has 52 heavy (non-hydrogen) atoms. The van der Waals surface area contributed by atoms with Crippen molar-refractivity contribution in [3.05, 3.63) is 48.6 Å². The molecule has 0 aromatic rings. The average Bonchev–Trinajstić information content (AvgIpc) is 3.15.